The van der Waals surface area contributed by atoms with Crippen molar-refractivity contribution in [2.45, 2.75) is 13.1 Å². The van der Waals surface area contributed by atoms with Crippen LogP contribution in [-0.4, -0.2) is 26.8 Å². The molecule has 2 rings (SSSR count). The Hall–Kier alpha value is -2.70. The van der Waals surface area contributed by atoms with Crippen LogP contribution in [0.2, 0.25) is 0 Å². The third-order valence-corrected chi connectivity index (χ3v) is 2.54. The highest BCUT2D eigenvalue weighted by molar-refractivity contribution is 5.92. The average molecular weight is 277 g/mol. The molecule has 0 fully saturated rings. The van der Waals surface area contributed by atoms with E-state index in [1.165, 1.54) is 24.4 Å². The van der Waals surface area contributed by atoms with E-state index in [9.17, 15) is 14.0 Å². The number of carboxylic acids is 1. The van der Waals surface area contributed by atoms with Gasteiger partial charge in [0.15, 0.2) is 0 Å². The van der Waals surface area contributed by atoms with Crippen LogP contribution in [0.5, 0.6) is 0 Å². The van der Waals surface area contributed by atoms with Crippen molar-refractivity contribution in [3.8, 4) is 0 Å². The number of nitrogens with zero attached hydrogens (tertiary/aromatic N) is 2. The highest BCUT2D eigenvalue weighted by Crippen LogP contribution is 2.03. The van der Waals surface area contributed by atoms with E-state index in [0.29, 0.717) is 0 Å². The van der Waals surface area contributed by atoms with Crippen molar-refractivity contribution in [3.63, 3.8) is 0 Å². The zero-order valence-electron chi connectivity index (χ0n) is 10.4. The molecule has 0 aliphatic heterocycles. The number of aromatic nitrogens is 2. The number of aliphatic carboxylic acids is 1. The van der Waals surface area contributed by atoms with Crippen LogP contribution < -0.4 is 5.32 Å². The van der Waals surface area contributed by atoms with Crippen LogP contribution in [0.15, 0.2) is 36.5 Å². The maximum atomic E-state index is 12.7. The van der Waals surface area contributed by atoms with Gasteiger partial charge in [0.25, 0.3) is 5.91 Å². The molecule has 0 saturated carbocycles. The normalized spacial score (nSPS) is 10.2. The van der Waals surface area contributed by atoms with E-state index in [2.05, 4.69) is 10.4 Å². The van der Waals surface area contributed by atoms with Crippen molar-refractivity contribution in [2.75, 3.05) is 0 Å². The first-order valence-corrected chi connectivity index (χ1v) is 5.82. The molecular weight excluding hydrogens is 265 g/mol. The smallest absolute Gasteiger partial charge is 0.325 e. The minimum Gasteiger partial charge on any atom is -0.480 e. The molecule has 0 aliphatic rings. The number of benzene rings is 1. The Morgan fingerprint density at radius 3 is 2.60 bits per heavy atom. The summed E-state index contributed by atoms with van der Waals surface area (Å²) in [5, 5.41) is 15.1. The van der Waals surface area contributed by atoms with Crippen molar-refractivity contribution in [1.29, 1.82) is 0 Å². The summed E-state index contributed by atoms with van der Waals surface area (Å²) in [5.74, 6) is -1.79. The van der Waals surface area contributed by atoms with Crippen LogP contribution in [0.25, 0.3) is 0 Å². The second-order valence-corrected chi connectivity index (χ2v) is 4.10. The van der Waals surface area contributed by atoms with Crippen molar-refractivity contribution < 1.29 is 19.1 Å². The Kier molecular flexibility index (Phi) is 4.09. The van der Waals surface area contributed by atoms with Gasteiger partial charge in [-0.1, -0.05) is 12.1 Å². The zero-order valence-corrected chi connectivity index (χ0v) is 10.4. The summed E-state index contributed by atoms with van der Waals surface area (Å²) in [6, 6.07) is 7.19. The fourth-order valence-electron chi connectivity index (χ4n) is 1.58. The molecule has 20 heavy (non-hydrogen) atoms. The summed E-state index contributed by atoms with van der Waals surface area (Å²) in [6.45, 7) is -0.0594. The van der Waals surface area contributed by atoms with Crippen molar-refractivity contribution >= 4 is 11.9 Å². The van der Waals surface area contributed by atoms with Gasteiger partial charge in [0.1, 0.15) is 18.1 Å². The number of hydrogen-bond donors (Lipinski definition) is 2. The number of carboxylic acid groups (broad SMARTS) is 1. The second-order valence-electron chi connectivity index (χ2n) is 4.10. The van der Waals surface area contributed by atoms with E-state index in [1.54, 1.807) is 12.1 Å². The molecule has 1 aromatic heterocycles. The van der Waals surface area contributed by atoms with Gasteiger partial charge >= 0.3 is 5.97 Å². The van der Waals surface area contributed by atoms with Crippen LogP contribution in [-0.2, 0) is 17.9 Å². The Bertz CT molecular complexity index is 622. The number of carbonyl (C=O) groups excluding carboxylic acids is 1. The molecule has 0 unspecified atom stereocenters. The Morgan fingerprint density at radius 1 is 1.25 bits per heavy atom. The lowest BCUT2D eigenvalue weighted by Crippen LogP contribution is -2.23. The highest BCUT2D eigenvalue weighted by Gasteiger charge is 2.10. The molecule has 0 bridgehead atoms. The van der Waals surface area contributed by atoms with Crippen LogP contribution >= 0.6 is 0 Å². The Morgan fingerprint density at radius 2 is 1.95 bits per heavy atom. The zero-order chi connectivity index (χ0) is 14.5. The monoisotopic (exact) mass is 277 g/mol. The van der Waals surface area contributed by atoms with Crippen LogP contribution in [0.1, 0.15) is 16.1 Å². The van der Waals surface area contributed by atoms with E-state index in [0.717, 1.165) is 10.2 Å². The quantitative estimate of drug-likeness (QED) is 0.855. The SMILES string of the molecule is O=C(O)Cn1ccc(C(=O)NCc2ccc(F)cc2)n1. The maximum absolute atomic E-state index is 12.7. The summed E-state index contributed by atoms with van der Waals surface area (Å²) in [5.41, 5.74) is 0.887. The molecule has 0 radical (unpaired) electrons. The lowest BCUT2D eigenvalue weighted by atomic mass is 10.2. The number of amides is 1. The van der Waals surface area contributed by atoms with Crippen LogP contribution in [0.4, 0.5) is 4.39 Å². The first-order chi connectivity index (χ1) is 9.54. The Balaban J connectivity index is 1.93. The standard InChI is InChI=1S/C13H12FN3O3/c14-10-3-1-9(2-4-10)7-15-13(20)11-5-6-17(16-11)8-12(18)19/h1-6H,7-8H2,(H,15,20)(H,18,19). The maximum Gasteiger partial charge on any atom is 0.325 e. The topological polar surface area (TPSA) is 84.2 Å². The van der Waals surface area contributed by atoms with Gasteiger partial charge in [-0.15, -0.1) is 0 Å². The molecule has 1 aromatic carbocycles. The molecule has 6 nitrogen and oxygen atoms in total. The molecule has 2 N–H and O–H groups in total. The third-order valence-electron chi connectivity index (χ3n) is 2.54. The van der Waals surface area contributed by atoms with Gasteiger partial charge < -0.3 is 10.4 Å². The van der Waals surface area contributed by atoms with Crippen molar-refractivity contribution in [2.24, 2.45) is 0 Å². The van der Waals surface area contributed by atoms with Gasteiger partial charge in [-0.25, -0.2) is 4.39 Å². The lowest BCUT2D eigenvalue weighted by Gasteiger charge is -2.03. The van der Waals surface area contributed by atoms with Gasteiger partial charge in [-0.3, -0.25) is 14.3 Å². The number of halogens is 1. The minimum atomic E-state index is -1.04. The number of carbonyl (C=O) groups is 2. The third kappa shape index (κ3) is 3.64. The molecule has 2 aromatic rings. The summed E-state index contributed by atoms with van der Waals surface area (Å²) in [4.78, 5) is 22.3. The lowest BCUT2D eigenvalue weighted by molar-refractivity contribution is -0.137. The fraction of sp³-hybridized carbons (Fsp3) is 0.154. The first-order valence-electron chi connectivity index (χ1n) is 5.82. The Labute approximate surface area is 113 Å². The van der Waals surface area contributed by atoms with Gasteiger partial charge in [-0.2, -0.15) is 5.10 Å². The molecule has 7 heteroatoms. The van der Waals surface area contributed by atoms with Crippen LogP contribution in [0, 0.1) is 5.82 Å². The molecular formula is C13H12FN3O3. The van der Waals surface area contributed by atoms with E-state index in [4.69, 9.17) is 5.11 Å². The molecule has 0 aliphatic carbocycles. The first kappa shape index (κ1) is 13.7. The van der Waals surface area contributed by atoms with E-state index < -0.39 is 11.9 Å². The average Bonchev–Trinajstić information content (AvgIpc) is 2.85. The predicted molar refractivity (Wildman–Crippen MR) is 67.4 cm³/mol. The second kappa shape index (κ2) is 5.96. The van der Waals surface area contributed by atoms with Gasteiger partial charge in [0.2, 0.25) is 0 Å². The number of hydrogen-bond acceptors (Lipinski definition) is 3. The fourth-order valence-corrected chi connectivity index (χ4v) is 1.58. The molecule has 0 saturated heterocycles. The predicted octanol–water partition coefficient (Wildman–Crippen LogP) is 1.04. The van der Waals surface area contributed by atoms with Crippen molar-refractivity contribution in [3.05, 3.63) is 53.6 Å². The molecule has 1 amide bonds. The molecule has 104 valence electrons. The number of nitrogens with one attached hydrogen (secondary N) is 1. The van der Waals surface area contributed by atoms with Gasteiger partial charge in [-0.05, 0) is 23.8 Å². The summed E-state index contributed by atoms with van der Waals surface area (Å²) >= 11 is 0. The summed E-state index contributed by atoms with van der Waals surface area (Å²) in [7, 11) is 0. The van der Waals surface area contributed by atoms with Crippen molar-refractivity contribution in [1.82, 2.24) is 15.1 Å². The van der Waals surface area contributed by atoms with Gasteiger partial charge in [0.05, 0.1) is 0 Å². The summed E-state index contributed by atoms with van der Waals surface area (Å²) in [6.07, 6.45) is 1.42. The van der Waals surface area contributed by atoms with E-state index in [1.807, 2.05) is 0 Å². The molecule has 0 spiro atoms. The molecule has 0 atom stereocenters. The molecule has 1 heterocycles. The van der Waals surface area contributed by atoms with Gasteiger partial charge in [0, 0.05) is 12.7 Å². The van der Waals surface area contributed by atoms with E-state index >= 15 is 0 Å². The summed E-state index contributed by atoms with van der Waals surface area (Å²) < 4.78 is 13.9. The van der Waals surface area contributed by atoms with E-state index in [-0.39, 0.29) is 24.6 Å². The largest absolute Gasteiger partial charge is 0.480 e. The number of rotatable bonds is 5. The van der Waals surface area contributed by atoms with Crippen LogP contribution in [0.3, 0.4) is 0 Å². The highest BCUT2D eigenvalue weighted by atomic mass is 19.1. The minimum absolute atomic E-state index is 0.133.